The first kappa shape index (κ1) is 23.9. The summed E-state index contributed by atoms with van der Waals surface area (Å²) in [5.41, 5.74) is 0.870. The molecule has 0 aliphatic heterocycles. The van der Waals surface area contributed by atoms with Gasteiger partial charge in [-0.25, -0.2) is 0 Å². The minimum Gasteiger partial charge on any atom is -0.453 e. The van der Waals surface area contributed by atoms with Gasteiger partial charge in [0.05, 0.1) is 11.7 Å². The number of amides is 1. The van der Waals surface area contributed by atoms with Crippen molar-refractivity contribution in [2.24, 2.45) is 5.92 Å². The highest BCUT2D eigenvalue weighted by Crippen LogP contribution is 2.32. The highest BCUT2D eigenvalue weighted by atomic mass is 35.5. The zero-order chi connectivity index (χ0) is 23.2. The lowest BCUT2D eigenvalue weighted by Crippen LogP contribution is -2.28. The van der Waals surface area contributed by atoms with Gasteiger partial charge in [0.25, 0.3) is 5.91 Å². The van der Waals surface area contributed by atoms with E-state index in [0.717, 1.165) is 16.6 Å². The third kappa shape index (κ3) is 5.99. The molecule has 2 heterocycles. The second-order valence-electron chi connectivity index (χ2n) is 8.37. The third-order valence-corrected chi connectivity index (χ3v) is 7.20. The van der Waals surface area contributed by atoms with Gasteiger partial charge in [-0.05, 0) is 56.0 Å². The summed E-state index contributed by atoms with van der Waals surface area (Å²) in [7, 11) is 1.58. The van der Waals surface area contributed by atoms with E-state index in [0.29, 0.717) is 29.1 Å². The fraction of sp³-hybridized carbons (Fsp3) is 0.458. The van der Waals surface area contributed by atoms with Crippen molar-refractivity contribution in [1.82, 2.24) is 20.1 Å². The molecule has 4 rings (SSSR count). The fourth-order valence-electron chi connectivity index (χ4n) is 4.11. The quantitative estimate of drug-likeness (QED) is 0.382. The lowest BCUT2D eigenvalue weighted by Gasteiger charge is -2.21. The maximum atomic E-state index is 12.8. The van der Waals surface area contributed by atoms with Crippen molar-refractivity contribution in [3.8, 4) is 5.69 Å². The maximum Gasteiger partial charge on any atom is 0.287 e. The van der Waals surface area contributed by atoms with Crippen molar-refractivity contribution < 1.29 is 13.9 Å². The third-order valence-electron chi connectivity index (χ3n) is 5.80. The van der Waals surface area contributed by atoms with Gasteiger partial charge in [0.15, 0.2) is 16.7 Å². The smallest absolute Gasteiger partial charge is 0.287 e. The number of nitrogens with one attached hydrogen (secondary N) is 1. The van der Waals surface area contributed by atoms with E-state index in [4.69, 9.17) is 20.8 Å². The first-order valence-corrected chi connectivity index (χ1v) is 12.6. The molecule has 7 nitrogen and oxygen atoms in total. The Bertz CT molecular complexity index is 1080. The summed E-state index contributed by atoms with van der Waals surface area (Å²) >= 11 is 8.00. The van der Waals surface area contributed by atoms with Gasteiger partial charge in [0.2, 0.25) is 0 Å². The van der Waals surface area contributed by atoms with E-state index >= 15 is 0 Å². The summed E-state index contributed by atoms with van der Waals surface area (Å²) in [6, 6.07) is 10.6. The van der Waals surface area contributed by atoms with Gasteiger partial charge in [-0.2, -0.15) is 0 Å². The Morgan fingerprint density at radius 2 is 2.09 bits per heavy atom. The molecular formula is C24H29ClN4O3S. The first-order chi connectivity index (χ1) is 16.0. The lowest BCUT2D eigenvalue weighted by atomic mass is 9.91. The number of benzene rings is 1. The normalized spacial score (nSPS) is 15.5. The SMILES string of the molecule is COCc1ccc(C(=O)N[C@H](C)c2nnc(SCC3CCCCC3)n2-c2cccc(Cl)c2)o1. The minimum atomic E-state index is -0.399. The second kappa shape index (κ2) is 11.2. The molecule has 1 atom stereocenters. The van der Waals surface area contributed by atoms with Crippen LogP contribution in [0.2, 0.25) is 5.02 Å². The van der Waals surface area contributed by atoms with Crippen LogP contribution in [0, 0.1) is 5.92 Å². The van der Waals surface area contributed by atoms with Crippen LogP contribution >= 0.6 is 23.4 Å². The highest BCUT2D eigenvalue weighted by molar-refractivity contribution is 7.99. The molecule has 176 valence electrons. The maximum absolute atomic E-state index is 12.8. The molecule has 1 N–H and O–H groups in total. The summed E-state index contributed by atoms with van der Waals surface area (Å²) in [4.78, 5) is 12.8. The van der Waals surface area contributed by atoms with Crippen LogP contribution in [0.5, 0.6) is 0 Å². The number of thioether (sulfide) groups is 1. The van der Waals surface area contributed by atoms with E-state index in [9.17, 15) is 4.79 Å². The summed E-state index contributed by atoms with van der Waals surface area (Å²) in [6.07, 6.45) is 6.49. The number of carbonyl (C=O) groups excluding carboxylic acids is 1. The van der Waals surface area contributed by atoms with Crippen molar-refractivity contribution in [3.63, 3.8) is 0 Å². The Balaban J connectivity index is 1.55. The topological polar surface area (TPSA) is 82.2 Å². The molecule has 0 unspecified atom stereocenters. The van der Waals surface area contributed by atoms with Gasteiger partial charge in [-0.1, -0.05) is 48.7 Å². The standard InChI is InChI=1S/C24H29ClN4O3S/c1-16(26-23(30)21-12-11-20(32-21)14-31-2)22-27-28-24(33-15-17-7-4-3-5-8-17)29(22)19-10-6-9-18(25)13-19/h6,9-13,16-17H,3-5,7-8,14-15H2,1-2H3,(H,26,30)/t16-/m1/s1. The number of aromatic nitrogens is 3. The number of nitrogens with zero attached hydrogens (tertiary/aromatic N) is 3. The van der Waals surface area contributed by atoms with E-state index in [1.54, 1.807) is 31.0 Å². The number of ether oxygens (including phenoxy) is 1. The lowest BCUT2D eigenvalue weighted by molar-refractivity contribution is 0.0901. The van der Waals surface area contributed by atoms with Crippen LogP contribution in [-0.4, -0.2) is 33.5 Å². The molecule has 33 heavy (non-hydrogen) atoms. The molecule has 1 saturated carbocycles. The van der Waals surface area contributed by atoms with Gasteiger partial charge in [0.1, 0.15) is 12.4 Å². The molecule has 1 aromatic carbocycles. The average molecular weight is 489 g/mol. The zero-order valence-electron chi connectivity index (χ0n) is 18.9. The van der Waals surface area contributed by atoms with E-state index in [1.807, 2.05) is 35.8 Å². The Labute approximate surface area is 203 Å². The van der Waals surface area contributed by atoms with Crippen LogP contribution in [0.25, 0.3) is 5.69 Å². The van der Waals surface area contributed by atoms with Gasteiger partial charge >= 0.3 is 0 Å². The van der Waals surface area contributed by atoms with Gasteiger partial charge in [-0.15, -0.1) is 10.2 Å². The van der Waals surface area contributed by atoms with E-state index in [1.165, 1.54) is 32.1 Å². The van der Waals surface area contributed by atoms with Crippen LogP contribution in [0.3, 0.4) is 0 Å². The number of halogens is 1. The fourth-order valence-corrected chi connectivity index (χ4v) is 5.44. The molecule has 0 bridgehead atoms. The van der Waals surface area contributed by atoms with Crippen molar-refractivity contribution in [2.45, 2.75) is 56.8 Å². The van der Waals surface area contributed by atoms with E-state index in [2.05, 4.69) is 15.5 Å². The van der Waals surface area contributed by atoms with Gasteiger partial charge in [-0.3, -0.25) is 9.36 Å². The monoisotopic (exact) mass is 488 g/mol. The average Bonchev–Trinajstić information content (AvgIpc) is 3.46. The molecule has 1 amide bonds. The predicted molar refractivity (Wildman–Crippen MR) is 129 cm³/mol. The molecular weight excluding hydrogens is 460 g/mol. The van der Waals surface area contributed by atoms with E-state index < -0.39 is 6.04 Å². The Morgan fingerprint density at radius 3 is 2.85 bits per heavy atom. The van der Waals surface area contributed by atoms with Gasteiger partial charge in [0, 0.05) is 17.9 Å². The number of furan rings is 1. The largest absolute Gasteiger partial charge is 0.453 e. The predicted octanol–water partition coefficient (Wildman–Crippen LogP) is 5.82. The molecule has 9 heteroatoms. The number of hydrogen-bond acceptors (Lipinski definition) is 6. The second-order valence-corrected chi connectivity index (χ2v) is 9.79. The molecule has 0 saturated heterocycles. The Hall–Kier alpha value is -2.29. The Kier molecular flexibility index (Phi) is 8.11. The van der Waals surface area contributed by atoms with Crippen molar-refractivity contribution in [3.05, 3.63) is 58.8 Å². The minimum absolute atomic E-state index is 0.231. The molecule has 1 fully saturated rings. The van der Waals surface area contributed by atoms with Crippen LogP contribution in [0.4, 0.5) is 0 Å². The van der Waals surface area contributed by atoms with Crippen molar-refractivity contribution >= 4 is 29.3 Å². The molecule has 1 aliphatic rings. The van der Waals surface area contributed by atoms with Crippen molar-refractivity contribution in [2.75, 3.05) is 12.9 Å². The number of carbonyl (C=O) groups is 1. The van der Waals surface area contributed by atoms with Crippen LogP contribution < -0.4 is 5.32 Å². The van der Waals surface area contributed by atoms with E-state index in [-0.39, 0.29) is 11.7 Å². The van der Waals surface area contributed by atoms with Crippen LogP contribution in [0.1, 0.15) is 67.2 Å². The molecule has 3 aromatic rings. The molecule has 0 radical (unpaired) electrons. The summed E-state index contributed by atoms with van der Waals surface area (Å²) in [6.45, 7) is 2.20. The number of methoxy groups -OCH3 is 1. The van der Waals surface area contributed by atoms with Crippen LogP contribution in [-0.2, 0) is 11.3 Å². The zero-order valence-corrected chi connectivity index (χ0v) is 20.5. The molecule has 1 aliphatic carbocycles. The highest BCUT2D eigenvalue weighted by Gasteiger charge is 2.24. The molecule has 2 aromatic heterocycles. The summed E-state index contributed by atoms with van der Waals surface area (Å²) < 4.78 is 12.6. The summed E-state index contributed by atoms with van der Waals surface area (Å²) in [5.74, 6) is 2.86. The summed E-state index contributed by atoms with van der Waals surface area (Å²) in [5, 5.41) is 13.3. The van der Waals surface area contributed by atoms with Crippen LogP contribution in [0.15, 0.2) is 46.0 Å². The van der Waals surface area contributed by atoms with Gasteiger partial charge < -0.3 is 14.5 Å². The molecule has 0 spiro atoms. The first-order valence-electron chi connectivity index (χ1n) is 11.3. The number of rotatable bonds is 9. The van der Waals surface area contributed by atoms with Crippen molar-refractivity contribution in [1.29, 1.82) is 0 Å². The number of hydrogen-bond donors (Lipinski definition) is 1. The Morgan fingerprint density at radius 1 is 1.27 bits per heavy atom.